The summed E-state index contributed by atoms with van der Waals surface area (Å²) in [5, 5.41) is 6.03. The van der Waals surface area contributed by atoms with Gasteiger partial charge in [-0.1, -0.05) is 56.6 Å². The second-order valence-electron chi connectivity index (χ2n) is 8.27. The molecule has 2 aromatic rings. The number of pyridine rings is 1. The van der Waals surface area contributed by atoms with Crippen LogP contribution in [-0.2, 0) is 0 Å². The molecule has 0 atom stereocenters. The molecule has 1 aliphatic rings. The Bertz CT molecular complexity index is 778. The number of benzene rings is 1. The quantitative estimate of drug-likeness (QED) is 0.570. The largest absolute Gasteiger partial charge is 0.261 e. The summed E-state index contributed by atoms with van der Waals surface area (Å²) in [6.07, 6.45) is 14.5. The molecule has 1 heterocycles. The number of hydrazone groups is 1. The number of aromatic nitrogens is 1. The van der Waals surface area contributed by atoms with Crippen molar-refractivity contribution in [3.63, 3.8) is 0 Å². The summed E-state index contributed by atoms with van der Waals surface area (Å²) in [4.78, 5) is 4.85. The average Bonchev–Trinajstić information content (AvgIpc) is 2.62. The van der Waals surface area contributed by atoms with E-state index < -0.39 is 0 Å². The van der Waals surface area contributed by atoms with E-state index in [0.29, 0.717) is 0 Å². The predicted octanol–water partition coefficient (Wildman–Crippen LogP) is 7.23. The number of nitrogens with one attached hydrogen (secondary N) is 1. The maximum absolute atomic E-state index is 4.85. The molecule has 0 radical (unpaired) electrons. The topological polar surface area (TPSA) is 37.3 Å². The van der Waals surface area contributed by atoms with Crippen LogP contribution in [0.3, 0.4) is 0 Å². The van der Waals surface area contributed by atoms with E-state index in [1.807, 2.05) is 0 Å². The molecule has 1 aromatic carbocycles. The van der Waals surface area contributed by atoms with Crippen LogP contribution in [0.1, 0.15) is 87.3 Å². The van der Waals surface area contributed by atoms with Gasteiger partial charge < -0.3 is 0 Å². The molecule has 146 valence electrons. The molecule has 0 spiro atoms. The number of hydrogen-bond acceptors (Lipinski definition) is 3. The maximum Gasteiger partial charge on any atom is 0.147 e. The average molecular weight is 366 g/mol. The fraction of sp³-hybridized carbons (Fsp3) is 0.583. The lowest BCUT2D eigenvalue weighted by molar-refractivity contribution is 0.555. The fourth-order valence-corrected chi connectivity index (χ4v) is 4.17. The highest BCUT2D eigenvalue weighted by Gasteiger charge is 2.07. The number of rotatable bonds is 2. The molecule has 27 heavy (non-hydrogen) atoms. The normalized spacial score (nSPS) is 17.2. The zero-order valence-electron chi connectivity index (χ0n) is 17.4. The monoisotopic (exact) mass is 365 g/mol. The van der Waals surface area contributed by atoms with Crippen LogP contribution in [0.5, 0.6) is 0 Å². The number of nitrogens with zero attached hydrogens (tertiary/aromatic N) is 2. The van der Waals surface area contributed by atoms with Gasteiger partial charge in [-0.3, -0.25) is 5.43 Å². The molecule has 1 aliphatic carbocycles. The summed E-state index contributed by atoms with van der Waals surface area (Å²) in [7, 11) is 0. The van der Waals surface area contributed by atoms with Crippen molar-refractivity contribution >= 4 is 22.4 Å². The second kappa shape index (κ2) is 9.87. The van der Waals surface area contributed by atoms with Gasteiger partial charge in [0.05, 0.1) is 5.52 Å². The number of hydrogen-bond donors (Lipinski definition) is 1. The van der Waals surface area contributed by atoms with Crippen LogP contribution >= 0.6 is 0 Å². The molecule has 0 bridgehead atoms. The lowest BCUT2D eigenvalue weighted by Crippen LogP contribution is -2.05. The van der Waals surface area contributed by atoms with Crippen molar-refractivity contribution in [3.05, 3.63) is 34.9 Å². The number of anilines is 1. The Labute approximate surface area is 164 Å². The zero-order chi connectivity index (χ0) is 19.1. The van der Waals surface area contributed by atoms with E-state index in [9.17, 15) is 0 Å². The minimum Gasteiger partial charge on any atom is -0.261 e. The summed E-state index contributed by atoms with van der Waals surface area (Å²) in [6, 6.07) is 6.56. The van der Waals surface area contributed by atoms with Crippen molar-refractivity contribution < 1.29 is 0 Å². The van der Waals surface area contributed by atoms with Gasteiger partial charge in [0.25, 0.3) is 0 Å². The molecule has 3 rings (SSSR count). The van der Waals surface area contributed by atoms with Crippen molar-refractivity contribution in [2.75, 3.05) is 5.43 Å². The third-order valence-electron chi connectivity index (χ3n) is 5.71. The van der Waals surface area contributed by atoms with Crippen molar-refractivity contribution in [2.24, 2.45) is 5.10 Å². The van der Waals surface area contributed by atoms with Gasteiger partial charge in [0.2, 0.25) is 0 Å². The van der Waals surface area contributed by atoms with Crippen LogP contribution in [0.4, 0.5) is 5.82 Å². The van der Waals surface area contributed by atoms with Crippen LogP contribution in [0.15, 0.2) is 23.3 Å². The molecule has 3 heteroatoms. The van der Waals surface area contributed by atoms with Gasteiger partial charge in [0.15, 0.2) is 0 Å². The van der Waals surface area contributed by atoms with E-state index in [1.165, 1.54) is 85.6 Å². The van der Waals surface area contributed by atoms with Crippen LogP contribution < -0.4 is 5.43 Å². The fourth-order valence-electron chi connectivity index (χ4n) is 4.17. The van der Waals surface area contributed by atoms with Gasteiger partial charge in [-0.25, -0.2) is 4.98 Å². The zero-order valence-corrected chi connectivity index (χ0v) is 17.4. The van der Waals surface area contributed by atoms with Crippen LogP contribution in [0.25, 0.3) is 10.9 Å². The highest BCUT2D eigenvalue weighted by atomic mass is 15.3. The first kappa shape index (κ1) is 19.9. The van der Waals surface area contributed by atoms with E-state index in [4.69, 9.17) is 10.1 Å². The van der Waals surface area contributed by atoms with Crippen molar-refractivity contribution in [1.82, 2.24) is 4.98 Å². The first-order valence-corrected chi connectivity index (χ1v) is 10.8. The number of aryl methyl sites for hydroxylation is 3. The molecule has 1 fully saturated rings. The van der Waals surface area contributed by atoms with Crippen molar-refractivity contribution in [1.29, 1.82) is 0 Å². The predicted molar refractivity (Wildman–Crippen MR) is 118 cm³/mol. The van der Waals surface area contributed by atoms with Gasteiger partial charge in [0, 0.05) is 11.1 Å². The van der Waals surface area contributed by atoms with Gasteiger partial charge in [-0.2, -0.15) is 5.10 Å². The van der Waals surface area contributed by atoms with E-state index in [0.717, 1.165) is 24.2 Å². The molecular formula is C24H35N3. The van der Waals surface area contributed by atoms with Crippen molar-refractivity contribution in [2.45, 2.75) is 91.4 Å². The lowest BCUT2D eigenvalue weighted by atomic mass is 10.00. The molecule has 0 saturated heterocycles. The molecule has 3 nitrogen and oxygen atoms in total. The summed E-state index contributed by atoms with van der Waals surface area (Å²) in [6.45, 7) is 6.45. The second-order valence-corrected chi connectivity index (χ2v) is 8.27. The SMILES string of the molecule is Cc1cc(C)c2nc(NN=C3CCCCCCCCCCC3)cc(C)c2c1. The Morgan fingerprint density at radius 1 is 0.741 bits per heavy atom. The molecule has 1 N–H and O–H groups in total. The summed E-state index contributed by atoms with van der Waals surface area (Å²) < 4.78 is 0. The van der Waals surface area contributed by atoms with Gasteiger partial charge in [-0.15, -0.1) is 0 Å². The highest BCUT2D eigenvalue weighted by Crippen LogP contribution is 2.25. The van der Waals surface area contributed by atoms with Gasteiger partial charge in [-0.05, 0) is 69.7 Å². The Hall–Kier alpha value is -1.90. The van der Waals surface area contributed by atoms with Crippen molar-refractivity contribution in [3.8, 4) is 0 Å². The molecule has 1 aromatic heterocycles. The minimum absolute atomic E-state index is 0.866. The minimum atomic E-state index is 0.866. The molecule has 0 unspecified atom stereocenters. The standard InChI is InChI=1S/C24H35N3/c1-18-15-20(3)24-22(16-18)19(2)17-23(25-24)27-26-21-13-11-9-7-5-4-6-8-10-12-14-21/h15-17H,4-14H2,1-3H3,(H,25,27). The maximum atomic E-state index is 4.85. The highest BCUT2D eigenvalue weighted by molar-refractivity contribution is 5.88. The molecule has 1 saturated carbocycles. The van der Waals surface area contributed by atoms with E-state index in [1.54, 1.807) is 0 Å². The Kier molecular flexibility index (Phi) is 7.25. The first-order valence-electron chi connectivity index (χ1n) is 10.8. The number of fused-ring (bicyclic) bond motifs is 1. The van der Waals surface area contributed by atoms with Gasteiger partial charge >= 0.3 is 0 Å². The molecule has 0 aliphatic heterocycles. The third-order valence-corrected chi connectivity index (χ3v) is 5.71. The van der Waals surface area contributed by atoms with Crippen LogP contribution in [0, 0.1) is 20.8 Å². The van der Waals surface area contributed by atoms with Crippen LogP contribution in [0.2, 0.25) is 0 Å². The molecule has 0 amide bonds. The molecular weight excluding hydrogens is 330 g/mol. The Morgan fingerprint density at radius 3 is 1.96 bits per heavy atom. The van der Waals surface area contributed by atoms with Gasteiger partial charge in [0.1, 0.15) is 5.82 Å². The smallest absolute Gasteiger partial charge is 0.147 e. The van der Waals surface area contributed by atoms with E-state index >= 15 is 0 Å². The third kappa shape index (κ3) is 5.79. The van der Waals surface area contributed by atoms with E-state index in [2.05, 4.69) is 44.4 Å². The lowest BCUT2D eigenvalue weighted by Gasteiger charge is -2.12. The summed E-state index contributed by atoms with van der Waals surface area (Å²) in [5.41, 5.74) is 9.46. The summed E-state index contributed by atoms with van der Waals surface area (Å²) >= 11 is 0. The Morgan fingerprint density at radius 2 is 1.33 bits per heavy atom. The summed E-state index contributed by atoms with van der Waals surface area (Å²) in [5.74, 6) is 0.866. The first-order chi connectivity index (χ1) is 13.1. The van der Waals surface area contributed by atoms with E-state index in [-0.39, 0.29) is 0 Å². The Balaban J connectivity index is 1.74. The van der Waals surface area contributed by atoms with Crippen LogP contribution in [-0.4, -0.2) is 10.7 Å².